The number of aromatic nitrogens is 4. The molecule has 1 atom stereocenters. The topological polar surface area (TPSA) is 71.5 Å². The van der Waals surface area contributed by atoms with Gasteiger partial charge in [0.2, 0.25) is 11.4 Å². The van der Waals surface area contributed by atoms with Crippen molar-refractivity contribution in [2.45, 2.75) is 17.3 Å². The van der Waals surface area contributed by atoms with E-state index in [9.17, 15) is 4.79 Å². The fourth-order valence-electron chi connectivity index (χ4n) is 0.392. The van der Waals surface area contributed by atoms with E-state index in [1.54, 1.807) is 13.2 Å². The fourth-order valence-corrected chi connectivity index (χ4v) is 0.952. The van der Waals surface area contributed by atoms with Crippen molar-refractivity contribution < 1.29 is 4.79 Å². The van der Waals surface area contributed by atoms with Crippen LogP contribution in [0.15, 0.2) is 5.16 Å². The largest absolute Gasteiger partial charge is 0.290 e. The Balaban J connectivity index is 2.47. The fraction of sp³-hybridized carbons (Fsp3) is 0.500. The first-order valence-electron chi connectivity index (χ1n) is 2.61. The highest BCUT2D eigenvalue weighted by Gasteiger charge is 2.05. The number of hydrogen-bond donors (Lipinski definition) is 1. The number of H-pyrrole nitrogens is 1. The molecule has 0 saturated heterocycles. The van der Waals surface area contributed by atoms with E-state index in [2.05, 4.69) is 20.6 Å². The summed E-state index contributed by atoms with van der Waals surface area (Å²) in [5, 5.41) is 13.1. The minimum atomic E-state index is -0.227. The summed E-state index contributed by atoms with van der Waals surface area (Å²) in [7, 11) is 0. The molecule has 1 radical (unpaired) electrons. The lowest BCUT2D eigenvalue weighted by atomic mass is 10.5. The smallest absolute Gasteiger partial charge is 0.212 e. The van der Waals surface area contributed by atoms with Crippen LogP contribution in [0.1, 0.15) is 6.92 Å². The average molecular weight is 157 g/mol. The molecule has 0 aliphatic carbocycles. The predicted octanol–water partition coefficient (Wildman–Crippen LogP) is -0.210. The van der Waals surface area contributed by atoms with Crippen molar-refractivity contribution >= 4 is 18.0 Å². The van der Waals surface area contributed by atoms with Crippen LogP contribution >= 0.6 is 11.8 Å². The number of nitrogens with one attached hydrogen (secondary N) is 1. The normalized spacial score (nSPS) is 12.9. The van der Waals surface area contributed by atoms with Gasteiger partial charge in [0.15, 0.2) is 0 Å². The van der Waals surface area contributed by atoms with Gasteiger partial charge in [0.05, 0.1) is 5.25 Å². The number of tetrazole rings is 1. The highest BCUT2D eigenvalue weighted by Crippen LogP contribution is 2.14. The molecule has 0 bridgehead atoms. The quantitative estimate of drug-likeness (QED) is 0.615. The van der Waals surface area contributed by atoms with Gasteiger partial charge in [-0.25, -0.2) is 5.10 Å². The van der Waals surface area contributed by atoms with Crippen LogP contribution < -0.4 is 0 Å². The Hall–Kier alpha value is -0.910. The average Bonchev–Trinajstić information content (AvgIpc) is 2.40. The number of thioether (sulfide) groups is 1. The van der Waals surface area contributed by atoms with Crippen molar-refractivity contribution in [1.29, 1.82) is 0 Å². The molecule has 6 heteroatoms. The van der Waals surface area contributed by atoms with Crippen LogP contribution in [0.3, 0.4) is 0 Å². The van der Waals surface area contributed by atoms with Gasteiger partial charge in [0, 0.05) is 0 Å². The van der Waals surface area contributed by atoms with Crippen molar-refractivity contribution in [3.8, 4) is 0 Å². The van der Waals surface area contributed by atoms with Gasteiger partial charge in [-0.15, -0.1) is 5.10 Å². The van der Waals surface area contributed by atoms with Gasteiger partial charge in [0.1, 0.15) is 0 Å². The summed E-state index contributed by atoms with van der Waals surface area (Å²) in [5.74, 6) is 0. The van der Waals surface area contributed by atoms with Gasteiger partial charge in [-0.05, 0) is 17.4 Å². The van der Waals surface area contributed by atoms with E-state index in [1.165, 1.54) is 11.8 Å². The number of carbonyl (C=O) groups excluding carboxylic acids is 1. The standard InChI is InChI=1S/C4H5N4OS/c1-3(2-9)10-4-5-7-8-6-4/h3H,1H3,(H,5,6,7,8). The molecule has 0 aliphatic rings. The second-order valence-electron chi connectivity index (χ2n) is 1.58. The lowest BCUT2D eigenvalue weighted by Gasteiger charge is -1.93. The van der Waals surface area contributed by atoms with E-state index in [0.717, 1.165) is 0 Å². The summed E-state index contributed by atoms with van der Waals surface area (Å²) >= 11 is 1.23. The van der Waals surface area contributed by atoms with Crippen LogP contribution in [0, 0.1) is 0 Å². The maximum atomic E-state index is 10.0. The maximum Gasteiger partial charge on any atom is 0.212 e. The highest BCUT2D eigenvalue weighted by molar-refractivity contribution is 8.00. The van der Waals surface area contributed by atoms with E-state index in [1.807, 2.05) is 0 Å². The lowest BCUT2D eigenvalue weighted by Crippen LogP contribution is -1.96. The zero-order valence-corrected chi connectivity index (χ0v) is 6.05. The van der Waals surface area contributed by atoms with E-state index >= 15 is 0 Å². The summed E-state index contributed by atoms with van der Waals surface area (Å²) in [4.78, 5) is 10.0. The Morgan fingerprint density at radius 2 is 2.60 bits per heavy atom. The van der Waals surface area contributed by atoms with Crippen LogP contribution in [0.2, 0.25) is 0 Å². The third kappa shape index (κ3) is 1.80. The van der Waals surface area contributed by atoms with Crippen LogP contribution in [-0.4, -0.2) is 32.2 Å². The molecule has 5 nitrogen and oxygen atoms in total. The van der Waals surface area contributed by atoms with Crippen molar-refractivity contribution in [2.75, 3.05) is 0 Å². The van der Waals surface area contributed by atoms with Gasteiger partial charge in [-0.3, -0.25) is 4.79 Å². The molecule has 53 valence electrons. The molecule has 0 saturated carbocycles. The number of hydrogen-bond acceptors (Lipinski definition) is 5. The molecular weight excluding hydrogens is 152 g/mol. The Kier molecular flexibility index (Phi) is 2.38. The van der Waals surface area contributed by atoms with Gasteiger partial charge < -0.3 is 0 Å². The minimum absolute atomic E-state index is 0.227. The van der Waals surface area contributed by atoms with Crippen LogP contribution in [0.5, 0.6) is 0 Å². The van der Waals surface area contributed by atoms with Crippen LogP contribution in [0.4, 0.5) is 0 Å². The highest BCUT2D eigenvalue weighted by atomic mass is 32.2. The van der Waals surface area contributed by atoms with Gasteiger partial charge in [-0.2, -0.15) is 0 Å². The Bertz CT molecular complexity index is 199. The molecule has 1 aromatic heterocycles. The molecule has 0 aliphatic heterocycles. The summed E-state index contributed by atoms with van der Waals surface area (Å²) in [6.45, 7) is 1.72. The van der Waals surface area contributed by atoms with E-state index < -0.39 is 0 Å². The number of nitrogens with zero attached hydrogens (tertiary/aromatic N) is 3. The summed E-state index contributed by atoms with van der Waals surface area (Å²) in [6.07, 6.45) is 1.80. The maximum absolute atomic E-state index is 10.0. The Morgan fingerprint density at radius 3 is 3.10 bits per heavy atom. The van der Waals surface area contributed by atoms with Crippen LogP contribution in [0.25, 0.3) is 0 Å². The van der Waals surface area contributed by atoms with Crippen LogP contribution in [-0.2, 0) is 4.79 Å². The third-order valence-corrected chi connectivity index (χ3v) is 1.63. The Morgan fingerprint density at radius 1 is 1.80 bits per heavy atom. The molecular formula is C4H5N4OS. The third-order valence-electron chi connectivity index (χ3n) is 0.780. The molecule has 0 aromatic carbocycles. The van der Waals surface area contributed by atoms with E-state index in [-0.39, 0.29) is 5.25 Å². The van der Waals surface area contributed by atoms with Gasteiger partial charge >= 0.3 is 0 Å². The summed E-state index contributed by atoms with van der Waals surface area (Å²) in [6, 6.07) is 0. The molecule has 1 aromatic rings. The number of rotatable bonds is 3. The SMILES string of the molecule is CC([C]=O)Sc1nnn[nH]1. The monoisotopic (exact) mass is 157 g/mol. The molecule has 1 heterocycles. The van der Waals surface area contributed by atoms with Gasteiger partial charge in [0.25, 0.3) is 0 Å². The van der Waals surface area contributed by atoms with Crippen molar-refractivity contribution in [1.82, 2.24) is 20.6 Å². The second kappa shape index (κ2) is 3.31. The first-order chi connectivity index (χ1) is 4.83. The van der Waals surface area contributed by atoms with Crippen molar-refractivity contribution in [3.63, 3.8) is 0 Å². The number of aromatic amines is 1. The van der Waals surface area contributed by atoms with Crippen molar-refractivity contribution in [3.05, 3.63) is 0 Å². The van der Waals surface area contributed by atoms with Gasteiger partial charge in [-0.1, -0.05) is 11.8 Å². The minimum Gasteiger partial charge on any atom is -0.290 e. The van der Waals surface area contributed by atoms with E-state index in [4.69, 9.17) is 0 Å². The summed E-state index contributed by atoms with van der Waals surface area (Å²) in [5.41, 5.74) is 0. The summed E-state index contributed by atoms with van der Waals surface area (Å²) < 4.78 is 0. The predicted molar refractivity (Wildman–Crippen MR) is 35.2 cm³/mol. The molecule has 10 heavy (non-hydrogen) atoms. The molecule has 1 N–H and O–H groups in total. The zero-order chi connectivity index (χ0) is 7.40. The molecule has 0 amide bonds. The zero-order valence-electron chi connectivity index (χ0n) is 5.24. The molecule has 0 fully saturated rings. The Labute approximate surface area is 61.6 Å². The van der Waals surface area contributed by atoms with Crippen molar-refractivity contribution in [2.24, 2.45) is 0 Å². The molecule has 0 spiro atoms. The first kappa shape index (κ1) is 7.20. The van der Waals surface area contributed by atoms with E-state index in [0.29, 0.717) is 5.16 Å². The molecule has 1 rings (SSSR count). The lowest BCUT2D eigenvalue weighted by molar-refractivity contribution is 0.555. The second-order valence-corrected chi connectivity index (χ2v) is 2.91. The first-order valence-corrected chi connectivity index (χ1v) is 3.49. The molecule has 1 unspecified atom stereocenters.